The second-order valence-electron chi connectivity index (χ2n) is 15.3. The molecule has 0 atom stereocenters. The van der Waals surface area contributed by atoms with E-state index in [0.29, 0.717) is 0 Å². The largest absolute Gasteiger partial charge is 0.357 e. The summed E-state index contributed by atoms with van der Waals surface area (Å²) in [7, 11) is 2.03. The van der Waals surface area contributed by atoms with Gasteiger partial charge in [-0.15, -0.1) is 0 Å². The number of hydrogen-bond acceptors (Lipinski definition) is 6. The highest BCUT2D eigenvalue weighted by Crippen LogP contribution is 2.39. The second kappa shape index (κ2) is 15.2. The van der Waals surface area contributed by atoms with Gasteiger partial charge in [0.25, 0.3) is 0 Å². The number of aliphatic imine (C=N–C) groups is 4. The maximum atomic E-state index is 5.43. The Hall–Kier alpha value is -8.22. The number of nitrogens with zero attached hydrogens (tertiary/aromatic N) is 6. The molecule has 8 bridgehead atoms. The quantitative estimate of drug-likeness (QED) is 0.202. The Labute approximate surface area is 355 Å². The highest BCUT2D eigenvalue weighted by atomic mass is 15.1. The minimum absolute atomic E-state index is 0.833. The van der Waals surface area contributed by atoms with Gasteiger partial charge in [-0.25, -0.2) is 20.0 Å². The minimum atomic E-state index is 0.833. The summed E-state index contributed by atoms with van der Waals surface area (Å²) in [6.45, 7) is 0. The van der Waals surface area contributed by atoms with Gasteiger partial charge in [-0.05, 0) is 118 Å². The summed E-state index contributed by atoms with van der Waals surface area (Å²) in [4.78, 5) is 25.8. The lowest BCUT2D eigenvalue weighted by molar-refractivity contribution is 0.620. The van der Waals surface area contributed by atoms with Crippen LogP contribution in [0.3, 0.4) is 0 Å². The van der Waals surface area contributed by atoms with E-state index in [4.69, 9.17) is 20.0 Å². The normalized spacial score (nSPS) is 18.7. The zero-order valence-corrected chi connectivity index (χ0v) is 33.4. The lowest BCUT2D eigenvalue weighted by atomic mass is 9.98. The molecule has 4 aromatic carbocycles. The first-order valence-electron chi connectivity index (χ1n) is 20.4. The van der Waals surface area contributed by atoms with E-state index in [-0.39, 0.29) is 0 Å². The molecule has 11 rings (SSSR count). The fourth-order valence-corrected chi connectivity index (χ4v) is 8.37. The fourth-order valence-electron chi connectivity index (χ4n) is 8.37. The SMILES string of the molecule is CN1C=CC(=C2C=CN(c3ccc(C4=C5C=CC(=N5)C(c5ccccc5)=C5C=CC(=N5)C(c5ccccc5)=C5C=CC(=N5)C(c5ccccc5)=C5C=CC4=N5)cc3)C=C2)C=C1. The van der Waals surface area contributed by atoms with Crippen LogP contribution in [0.2, 0.25) is 0 Å². The van der Waals surface area contributed by atoms with Gasteiger partial charge < -0.3 is 9.80 Å². The number of benzene rings is 4. The van der Waals surface area contributed by atoms with E-state index in [2.05, 4.69) is 200 Å². The van der Waals surface area contributed by atoms with Crippen LogP contribution in [-0.4, -0.2) is 34.8 Å². The standard InChI is InChI=1S/C55H38N6/c1-60-33-29-37(30-34-60)38-31-35-61(36-32-38)43-19-17-42(18-20-43)55-50-27-25-48(58-50)53(40-13-7-3-8-14-40)46-23-21-44(56-46)52(39-11-5-2-6-12-39)45-22-24-47(57-45)54(41-15-9-4-10-16-41)49-26-28-51(55)59-49/h2-36H,1H3. The van der Waals surface area contributed by atoms with Gasteiger partial charge in [-0.2, -0.15) is 0 Å². The third-order valence-electron chi connectivity index (χ3n) is 11.4. The van der Waals surface area contributed by atoms with Crippen molar-refractivity contribution in [3.05, 3.63) is 269 Å². The molecule has 288 valence electrons. The first-order chi connectivity index (χ1) is 30.1. The molecule has 7 aliphatic heterocycles. The van der Waals surface area contributed by atoms with E-state index in [1.807, 2.05) is 30.1 Å². The summed E-state index contributed by atoms with van der Waals surface area (Å²) in [5.41, 5.74) is 18.1. The molecule has 7 heterocycles. The van der Waals surface area contributed by atoms with Gasteiger partial charge in [-0.3, -0.25) is 0 Å². The van der Waals surface area contributed by atoms with Crippen LogP contribution in [0.25, 0.3) is 22.3 Å². The van der Waals surface area contributed by atoms with Crippen LogP contribution in [-0.2, 0) is 0 Å². The Morgan fingerprint density at radius 3 is 0.967 bits per heavy atom. The highest BCUT2D eigenvalue weighted by Gasteiger charge is 2.27. The topological polar surface area (TPSA) is 55.9 Å². The maximum absolute atomic E-state index is 5.43. The van der Waals surface area contributed by atoms with Crippen molar-refractivity contribution in [3.8, 4) is 0 Å². The van der Waals surface area contributed by atoms with Crippen molar-refractivity contribution < 1.29 is 0 Å². The third-order valence-corrected chi connectivity index (χ3v) is 11.4. The lowest BCUT2D eigenvalue weighted by Crippen LogP contribution is -2.11. The van der Waals surface area contributed by atoms with E-state index < -0.39 is 0 Å². The van der Waals surface area contributed by atoms with Crippen LogP contribution in [0.4, 0.5) is 5.69 Å². The summed E-state index contributed by atoms with van der Waals surface area (Å²) < 4.78 is 0. The van der Waals surface area contributed by atoms with Gasteiger partial charge in [0.05, 0.1) is 45.6 Å². The molecular formula is C55H38N6. The highest BCUT2D eigenvalue weighted by molar-refractivity contribution is 6.39. The Balaban J connectivity index is 1.09. The van der Waals surface area contributed by atoms with Crippen molar-refractivity contribution in [2.24, 2.45) is 20.0 Å². The molecule has 7 aliphatic rings. The smallest absolute Gasteiger partial charge is 0.0738 e. The van der Waals surface area contributed by atoms with Gasteiger partial charge in [0.2, 0.25) is 0 Å². The number of anilines is 1. The van der Waals surface area contributed by atoms with Crippen LogP contribution in [0.5, 0.6) is 0 Å². The summed E-state index contributed by atoms with van der Waals surface area (Å²) in [5.74, 6) is 0. The summed E-state index contributed by atoms with van der Waals surface area (Å²) in [6, 6.07) is 39.9. The molecule has 0 saturated carbocycles. The van der Waals surface area contributed by atoms with Crippen molar-refractivity contribution in [2.45, 2.75) is 0 Å². The Morgan fingerprint density at radius 1 is 0.311 bits per heavy atom. The molecule has 0 fully saturated rings. The zero-order chi connectivity index (χ0) is 40.7. The maximum Gasteiger partial charge on any atom is 0.0738 e. The van der Waals surface area contributed by atoms with Crippen LogP contribution >= 0.6 is 0 Å². The van der Waals surface area contributed by atoms with Gasteiger partial charge in [0.1, 0.15) is 0 Å². The van der Waals surface area contributed by atoms with Crippen molar-refractivity contribution in [1.29, 1.82) is 0 Å². The molecule has 6 heteroatoms. The van der Waals surface area contributed by atoms with Crippen molar-refractivity contribution in [2.75, 3.05) is 11.9 Å². The minimum Gasteiger partial charge on any atom is -0.357 e. The Bertz CT molecular complexity index is 3000. The number of allylic oxidation sites excluding steroid dienone is 18. The van der Waals surface area contributed by atoms with E-state index >= 15 is 0 Å². The molecule has 0 amide bonds. The van der Waals surface area contributed by atoms with E-state index in [0.717, 1.165) is 95.9 Å². The van der Waals surface area contributed by atoms with Crippen molar-refractivity contribution >= 4 is 50.8 Å². The molecule has 0 saturated heterocycles. The summed E-state index contributed by atoms with van der Waals surface area (Å²) in [6.07, 6.45) is 33.8. The molecule has 0 unspecified atom stereocenters. The Morgan fingerprint density at radius 2 is 0.623 bits per heavy atom. The first-order valence-corrected chi connectivity index (χ1v) is 20.4. The van der Waals surface area contributed by atoms with Gasteiger partial charge in [0, 0.05) is 59.8 Å². The average molecular weight is 783 g/mol. The predicted octanol–water partition coefficient (Wildman–Crippen LogP) is 11.8. The number of fused-ring (bicyclic) bond motifs is 4. The molecule has 0 radical (unpaired) electrons. The molecule has 61 heavy (non-hydrogen) atoms. The van der Waals surface area contributed by atoms with Gasteiger partial charge in [0.15, 0.2) is 0 Å². The van der Waals surface area contributed by atoms with E-state index in [1.165, 1.54) is 11.1 Å². The third kappa shape index (κ3) is 6.76. The fraction of sp³-hybridized carbons (Fsp3) is 0.0182. The van der Waals surface area contributed by atoms with Gasteiger partial charge in [-0.1, -0.05) is 103 Å². The van der Waals surface area contributed by atoms with Crippen LogP contribution in [0.15, 0.2) is 267 Å². The molecule has 0 aliphatic carbocycles. The molecule has 0 N–H and O–H groups in total. The molecule has 4 aromatic rings. The number of hydrogen-bond donors (Lipinski definition) is 0. The Kier molecular flexibility index (Phi) is 8.94. The molecule has 0 aromatic heterocycles. The van der Waals surface area contributed by atoms with Crippen LogP contribution in [0, 0.1) is 0 Å². The van der Waals surface area contributed by atoms with E-state index in [1.54, 1.807) is 0 Å². The molecule has 0 spiro atoms. The second-order valence-corrected chi connectivity index (χ2v) is 15.3. The van der Waals surface area contributed by atoms with Gasteiger partial charge >= 0.3 is 0 Å². The first kappa shape index (κ1) is 35.9. The van der Waals surface area contributed by atoms with Crippen molar-refractivity contribution in [3.63, 3.8) is 0 Å². The zero-order valence-electron chi connectivity index (χ0n) is 33.4. The van der Waals surface area contributed by atoms with Crippen molar-refractivity contribution in [1.82, 2.24) is 4.90 Å². The summed E-state index contributed by atoms with van der Waals surface area (Å²) >= 11 is 0. The average Bonchev–Trinajstić information content (AvgIpc) is 4.17. The molecule has 6 nitrogen and oxygen atoms in total. The summed E-state index contributed by atoms with van der Waals surface area (Å²) in [5, 5.41) is 0. The van der Waals surface area contributed by atoms with Crippen LogP contribution in [0.1, 0.15) is 22.3 Å². The van der Waals surface area contributed by atoms with E-state index in [9.17, 15) is 0 Å². The molecular weight excluding hydrogens is 745 g/mol. The lowest BCUT2D eigenvalue weighted by Gasteiger charge is -2.21. The predicted molar refractivity (Wildman–Crippen MR) is 254 cm³/mol. The van der Waals surface area contributed by atoms with Crippen LogP contribution < -0.4 is 4.90 Å². The monoisotopic (exact) mass is 782 g/mol. The number of rotatable bonds is 5.